The Morgan fingerprint density at radius 1 is 0.638 bits per heavy atom. The van der Waals surface area contributed by atoms with Gasteiger partial charge in [-0.15, -0.1) is 0 Å². The standard InChI is InChI=1S/C46H43N/c1-4-5-6-7-8-9-17-31-47(37-28-30-42-41-24-15-16-26-44(41)46(2,3)45(42)33-37)36-27-29-40(43(32-36)35-19-11-10-12-20-35)39-25-18-22-34-21-13-14-23-38(34)39/h4-7,10-12,14-20,22-33H,8-9,13,21H2,1-3H3/b5-4-,7-6-,31-17+. The molecule has 0 bridgehead atoms. The average molecular weight is 610 g/mol. The predicted molar refractivity (Wildman–Crippen MR) is 203 cm³/mol. The number of anilines is 2. The van der Waals surface area contributed by atoms with E-state index in [1.807, 2.05) is 0 Å². The van der Waals surface area contributed by atoms with Crippen molar-refractivity contribution in [2.75, 3.05) is 4.90 Å². The molecular weight excluding hydrogens is 567 g/mol. The lowest BCUT2D eigenvalue weighted by atomic mass is 9.82. The molecule has 0 fully saturated rings. The third kappa shape index (κ3) is 5.95. The van der Waals surface area contributed by atoms with Gasteiger partial charge in [-0.05, 0) is 113 Å². The zero-order chi connectivity index (χ0) is 32.2. The number of allylic oxidation sites excluding steroid dienone is 6. The van der Waals surface area contributed by atoms with E-state index in [1.165, 1.54) is 61.3 Å². The van der Waals surface area contributed by atoms with Crippen LogP contribution in [0, 0.1) is 0 Å². The minimum absolute atomic E-state index is 0.0616. The molecule has 0 saturated carbocycles. The lowest BCUT2D eigenvalue weighted by molar-refractivity contribution is 0.660. The Morgan fingerprint density at radius 2 is 1.36 bits per heavy atom. The summed E-state index contributed by atoms with van der Waals surface area (Å²) in [5.74, 6) is 0. The molecule has 5 aromatic carbocycles. The Bertz CT molecular complexity index is 2020. The summed E-state index contributed by atoms with van der Waals surface area (Å²) >= 11 is 0. The van der Waals surface area contributed by atoms with Crippen molar-refractivity contribution in [3.05, 3.63) is 174 Å². The zero-order valence-corrected chi connectivity index (χ0v) is 27.8. The Hall–Kier alpha value is -5.14. The molecule has 0 amide bonds. The van der Waals surface area contributed by atoms with E-state index in [9.17, 15) is 0 Å². The number of rotatable bonds is 9. The van der Waals surface area contributed by atoms with Crippen molar-refractivity contribution in [2.45, 2.75) is 51.9 Å². The lowest BCUT2D eigenvalue weighted by Gasteiger charge is -2.26. The third-order valence-corrected chi connectivity index (χ3v) is 9.76. The summed E-state index contributed by atoms with van der Waals surface area (Å²) in [5, 5.41) is 0. The number of fused-ring (bicyclic) bond motifs is 4. The normalized spacial score (nSPS) is 14.5. The van der Waals surface area contributed by atoms with Gasteiger partial charge in [0.05, 0.1) is 0 Å². The van der Waals surface area contributed by atoms with Crippen LogP contribution in [0.5, 0.6) is 0 Å². The smallest absolute Gasteiger partial charge is 0.0461 e. The fraction of sp³-hybridized carbons (Fsp3) is 0.174. The second kappa shape index (κ2) is 13.3. The number of hydrogen-bond donors (Lipinski definition) is 0. The maximum Gasteiger partial charge on any atom is 0.0461 e. The molecule has 2 aliphatic rings. The van der Waals surface area contributed by atoms with E-state index in [-0.39, 0.29) is 5.41 Å². The largest absolute Gasteiger partial charge is 0.317 e. The molecule has 0 atom stereocenters. The molecule has 1 nitrogen and oxygen atoms in total. The molecule has 0 unspecified atom stereocenters. The van der Waals surface area contributed by atoms with Gasteiger partial charge in [0.15, 0.2) is 0 Å². The number of benzene rings is 5. The topological polar surface area (TPSA) is 3.24 Å². The van der Waals surface area contributed by atoms with Crippen molar-refractivity contribution in [3.8, 4) is 33.4 Å². The molecule has 0 N–H and O–H groups in total. The minimum Gasteiger partial charge on any atom is -0.317 e. The summed E-state index contributed by atoms with van der Waals surface area (Å²) in [7, 11) is 0. The van der Waals surface area contributed by atoms with E-state index in [0.29, 0.717) is 0 Å². The van der Waals surface area contributed by atoms with Gasteiger partial charge in [0.2, 0.25) is 0 Å². The van der Waals surface area contributed by atoms with E-state index >= 15 is 0 Å². The predicted octanol–water partition coefficient (Wildman–Crippen LogP) is 12.9. The number of unbranched alkanes of at least 4 members (excludes halogenated alkanes) is 1. The SMILES string of the molecule is C/C=C\C=C/CC/C=C/N(c1ccc(-c2cccc3c2C=CCC3)c(-c2ccccc2)c1)c1ccc2c(c1)C(C)(C)c1ccccc1-2. The summed E-state index contributed by atoms with van der Waals surface area (Å²) in [6, 6.07) is 40.6. The highest BCUT2D eigenvalue weighted by Crippen LogP contribution is 2.50. The van der Waals surface area contributed by atoms with Crippen molar-refractivity contribution >= 4 is 17.5 Å². The van der Waals surface area contributed by atoms with Crippen molar-refractivity contribution < 1.29 is 0 Å². The zero-order valence-electron chi connectivity index (χ0n) is 27.8. The molecule has 232 valence electrons. The summed E-state index contributed by atoms with van der Waals surface area (Å²) < 4.78 is 0. The second-order valence-corrected chi connectivity index (χ2v) is 13.1. The molecule has 2 aliphatic carbocycles. The van der Waals surface area contributed by atoms with Crippen LogP contribution in [0.25, 0.3) is 39.5 Å². The Kier molecular flexibility index (Phi) is 8.64. The molecule has 5 aromatic rings. The van der Waals surface area contributed by atoms with E-state index < -0.39 is 0 Å². The van der Waals surface area contributed by atoms with Gasteiger partial charge >= 0.3 is 0 Å². The fourth-order valence-corrected chi connectivity index (χ4v) is 7.30. The highest BCUT2D eigenvalue weighted by molar-refractivity contribution is 5.91. The summed E-state index contributed by atoms with van der Waals surface area (Å²) in [6.45, 7) is 6.77. The third-order valence-electron chi connectivity index (χ3n) is 9.76. The van der Waals surface area contributed by atoms with Crippen LogP contribution in [-0.2, 0) is 11.8 Å². The number of aryl methyl sites for hydroxylation is 1. The quantitative estimate of drug-likeness (QED) is 0.119. The van der Waals surface area contributed by atoms with Gasteiger partial charge in [0, 0.05) is 23.0 Å². The summed E-state index contributed by atoms with van der Waals surface area (Å²) in [5.41, 5.74) is 15.6. The first-order chi connectivity index (χ1) is 23.1. The maximum atomic E-state index is 2.42. The molecule has 0 heterocycles. The molecule has 0 saturated heterocycles. The van der Waals surface area contributed by atoms with Crippen LogP contribution < -0.4 is 4.90 Å². The van der Waals surface area contributed by atoms with E-state index in [4.69, 9.17) is 0 Å². The molecule has 0 aromatic heterocycles. The fourth-order valence-electron chi connectivity index (χ4n) is 7.30. The first-order valence-corrected chi connectivity index (χ1v) is 17.0. The van der Waals surface area contributed by atoms with Crippen molar-refractivity contribution in [1.82, 2.24) is 0 Å². The van der Waals surface area contributed by atoms with Crippen LogP contribution in [0.2, 0.25) is 0 Å². The van der Waals surface area contributed by atoms with Crippen molar-refractivity contribution in [2.24, 2.45) is 0 Å². The highest BCUT2D eigenvalue weighted by Gasteiger charge is 2.35. The van der Waals surface area contributed by atoms with E-state index in [1.54, 1.807) is 0 Å². The van der Waals surface area contributed by atoms with Gasteiger partial charge in [-0.2, -0.15) is 0 Å². The second-order valence-electron chi connectivity index (χ2n) is 13.1. The van der Waals surface area contributed by atoms with Crippen molar-refractivity contribution in [1.29, 1.82) is 0 Å². The van der Waals surface area contributed by atoms with Gasteiger partial charge in [0.25, 0.3) is 0 Å². The average Bonchev–Trinajstić information content (AvgIpc) is 3.35. The minimum atomic E-state index is -0.0616. The Morgan fingerprint density at radius 3 is 2.21 bits per heavy atom. The van der Waals surface area contributed by atoms with Crippen LogP contribution in [0.1, 0.15) is 62.3 Å². The monoisotopic (exact) mass is 609 g/mol. The highest BCUT2D eigenvalue weighted by atomic mass is 15.1. The van der Waals surface area contributed by atoms with Crippen molar-refractivity contribution in [3.63, 3.8) is 0 Å². The molecule has 47 heavy (non-hydrogen) atoms. The van der Waals surface area contributed by atoms with Crippen LogP contribution in [0.4, 0.5) is 11.4 Å². The van der Waals surface area contributed by atoms with Crippen LogP contribution >= 0.6 is 0 Å². The van der Waals surface area contributed by atoms with Crippen LogP contribution in [0.15, 0.2) is 152 Å². The van der Waals surface area contributed by atoms with Crippen LogP contribution in [0.3, 0.4) is 0 Å². The molecule has 0 aliphatic heterocycles. The van der Waals surface area contributed by atoms with E-state index in [0.717, 1.165) is 31.4 Å². The molecule has 0 radical (unpaired) electrons. The van der Waals surface area contributed by atoms with Gasteiger partial charge in [0.1, 0.15) is 0 Å². The molecule has 7 rings (SSSR count). The molecule has 1 heteroatoms. The molecule has 0 spiro atoms. The van der Waals surface area contributed by atoms with Gasteiger partial charge in [-0.1, -0.05) is 141 Å². The van der Waals surface area contributed by atoms with Gasteiger partial charge in [-0.25, -0.2) is 0 Å². The Balaban J connectivity index is 1.35. The van der Waals surface area contributed by atoms with Crippen LogP contribution in [-0.4, -0.2) is 0 Å². The van der Waals surface area contributed by atoms with E-state index in [2.05, 4.69) is 184 Å². The lowest BCUT2D eigenvalue weighted by Crippen LogP contribution is -2.16. The number of nitrogens with zero attached hydrogens (tertiary/aromatic N) is 1. The maximum absolute atomic E-state index is 2.42. The first-order valence-electron chi connectivity index (χ1n) is 17.0. The van der Waals surface area contributed by atoms with Gasteiger partial charge < -0.3 is 4.90 Å². The summed E-state index contributed by atoms with van der Waals surface area (Å²) in [4.78, 5) is 2.38. The van der Waals surface area contributed by atoms with Gasteiger partial charge in [-0.3, -0.25) is 0 Å². The Labute approximate surface area is 280 Å². The summed E-state index contributed by atoms with van der Waals surface area (Å²) in [6.07, 6.45) is 21.9. The molecular formula is C46H43N. The number of hydrogen-bond acceptors (Lipinski definition) is 1. The first kappa shape index (κ1) is 30.5.